The van der Waals surface area contributed by atoms with Gasteiger partial charge in [-0.1, -0.05) is 0 Å². The van der Waals surface area contributed by atoms with Gasteiger partial charge in [-0.2, -0.15) is 8.42 Å². The molecule has 0 aliphatic rings. The average Bonchev–Trinajstić information content (AvgIpc) is 2.06. The van der Waals surface area contributed by atoms with Crippen LogP contribution in [-0.4, -0.2) is 43.2 Å². The second-order valence-corrected chi connectivity index (χ2v) is 3.64. The Morgan fingerprint density at radius 2 is 1.54 bits per heavy atom. The van der Waals surface area contributed by atoms with Crippen molar-refractivity contribution in [3.8, 4) is 0 Å². The van der Waals surface area contributed by atoms with Crippen molar-refractivity contribution in [1.29, 1.82) is 0 Å². The Hall–Kier alpha value is -1.12. The van der Waals surface area contributed by atoms with Crippen LogP contribution in [0.4, 0.5) is 0 Å². The largest absolute Gasteiger partial charge is 0.300 e. The number of hydrogen-bond acceptors (Lipinski definition) is 6. The Morgan fingerprint density at radius 1 is 1.15 bits per heavy atom. The van der Waals surface area contributed by atoms with Gasteiger partial charge in [0.15, 0.2) is 24.4 Å². The molecule has 0 aliphatic heterocycles. The lowest BCUT2D eigenvalue weighted by Crippen LogP contribution is -2.51. The number of carbonyl (C=O) groups excluding carboxylic acids is 3. The Bertz CT molecular complexity index is 285. The van der Waals surface area contributed by atoms with E-state index in [9.17, 15) is 22.8 Å². The number of aldehydes is 3. The molecule has 0 aromatic rings. The molecule has 0 atom stereocenters. The molecule has 0 aromatic heterocycles. The highest BCUT2D eigenvalue weighted by Gasteiger charge is 2.29. The summed E-state index contributed by atoms with van der Waals surface area (Å²) in [5, 5.41) is 1.78. The summed E-state index contributed by atoms with van der Waals surface area (Å²) in [5.41, 5.74) is -2.20. The van der Waals surface area contributed by atoms with E-state index in [4.69, 9.17) is 4.55 Å². The van der Waals surface area contributed by atoms with Gasteiger partial charge in [0.2, 0.25) is 0 Å². The summed E-state index contributed by atoms with van der Waals surface area (Å²) in [6, 6.07) is 0. The van der Waals surface area contributed by atoms with Crippen molar-refractivity contribution in [3.05, 3.63) is 0 Å². The van der Waals surface area contributed by atoms with Gasteiger partial charge < -0.3 is 14.4 Å². The van der Waals surface area contributed by atoms with Crippen LogP contribution in [0.3, 0.4) is 0 Å². The zero-order valence-corrected chi connectivity index (χ0v) is 7.15. The molecule has 0 bridgehead atoms. The van der Waals surface area contributed by atoms with Gasteiger partial charge in [0.05, 0.1) is 0 Å². The molecule has 0 rings (SSSR count). The van der Waals surface area contributed by atoms with E-state index in [-0.39, 0.29) is 18.9 Å². The van der Waals surface area contributed by atoms with E-state index in [2.05, 4.69) is 0 Å². The van der Waals surface area contributed by atoms with Crippen LogP contribution < -0.4 is 5.32 Å². The fourth-order valence-corrected chi connectivity index (χ4v) is 0.857. The minimum Gasteiger partial charge on any atom is -0.300 e. The fraction of sp³-hybridized carbons (Fsp3) is 0.400. The van der Waals surface area contributed by atoms with Crippen molar-refractivity contribution in [1.82, 2.24) is 5.32 Å². The highest BCUT2D eigenvalue weighted by atomic mass is 32.2. The van der Waals surface area contributed by atoms with Crippen molar-refractivity contribution < 1.29 is 27.4 Å². The summed E-state index contributed by atoms with van der Waals surface area (Å²) in [6.45, 7) is 0. The summed E-state index contributed by atoms with van der Waals surface area (Å²) < 4.78 is 28.6. The van der Waals surface area contributed by atoms with E-state index in [0.29, 0.717) is 0 Å². The van der Waals surface area contributed by atoms with Crippen LogP contribution in [0.25, 0.3) is 0 Å². The van der Waals surface area contributed by atoms with Gasteiger partial charge in [0, 0.05) is 0 Å². The average molecular weight is 209 g/mol. The highest BCUT2D eigenvalue weighted by Crippen LogP contribution is 1.92. The van der Waals surface area contributed by atoms with Gasteiger partial charge in [-0.15, -0.1) is 0 Å². The first-order chi connectivity index (χ1) is 5.89. The standard InChI is InChI=1S/C5H7NO6S/c7-1-5(2-8,3-9)6-4-13(10,11)12/h1-3,6H,4H2,(H,10,11,12). The van der Waals surface area contributed by atoms with E-state index >= 15 is 0 Å². The number of nitrogens with one attached hydrogen (secondary N) is 1. The molecule has 0 amide bonds. The molecule has 0 fully saturated rings. The lowest BCUT2D eigenvalue weighted by Gasteiger charge is -2.13. The Balaban J connectivity index is 4.54. The first kappa shape index (κ1) is 11.9. The lowest BCUT2D eigenvalue weighted by atomic mass is 10.1. The SMILES string of the molecule is O=CC(C=O)(C=O)NCS(=O)(=O)O. The molecule has 0 aromatic carbocycles. The summed E-state index contributed by atoms with van der Waals surface area (Å²) in [4.78, 5) is 30.6. The van der Waals surface area contributed by atoms with Crippen LogP contribution in [-0.2, 0) is 24.5 Å². The molecular weight excluding hydrogens is 202 g/mol. The van der Waals surface area contributed by atoms with E-state index in [1.165, 1.54) is 0 Å². The van der Waals surface area contributed by atoms with Crippen LogP contribution in [0, 0.1) is 0 Å². The summed E-state index contributed by atoms with van der Waals surface area (Å²) >= 11 is 0. The zero-order valence-electron chi connectivity index (χ0n) is 6.34. The van der Waals surface area contributed by atoms with Crippen LogP contribution >= 0.6 is 0 Å². The lowest BCUT2D eigenvalue weighted by molar-refractivity contribution is -0.128. The van der Waals surface area contributed by atoms with Gasteiger partial charge >= 0.3 is 0 Å². The first-order valence-electron chi connectivity index (χ1n) is 2.98. The molecule has 74 valence electrons. The van der Waals surface area contributed by atoms with Crippen molar-refractivity contribution in [3.63, 3.8) is 0 Å². The van der Waals surface area contributed by atoms with Gasteiger partial charge in [0.1, 0.15) is 5.88 Å². The molecule has 0 saturated carbocycles. The topological polar surface area (TPSA) is 118 Å². The molecule has 0 heterocycles. The Kier molecular flexibility index (Phi) is 3.85. The minimum absolute atomic E-state index is 0.0574. The molecule has 13 heavy (non-hydrogen) atoms. The number of hydrogen-bond donors (Lipinski definition) is 2. The fourth-order valence-electron chi connectivity index (χ4n) is 0.425. The van der Waals surface area contributed by atoms with E-state index < -0.39 is 21.5 Å². The molecule has 2 N–H and O–H groups in total. The molecular formula is C5H7NO6S. The smallest absolute Gasteiger partial charge is 0.278 e. The van der Waals surface area contributed by atoms with Gasteiger partial charge in [-0.25, -0.2) is 0 Å². The molecule has 7 nitrogen and oxygen atoms in total. The first-order valence-corrected chi connectivity index (χ1v) is 4.59. The predicted molar refractivity (Wildman–Crippen MR) is 40.5 cm³/mol. The summed E-state index contributed by atoms with van der Waals surface area (Å²) in [5.74, 6) is -1.05. The van der Waals surface area contributed by atoms with Crippen molar-refractivity contribution in [2.45, 2.75) is 5.54 Å². The number of rotatable bonds is 6. The summed E-state index contributed by atoms with van der Waals surface area (Å²) in [7, 11) is -4.38. The Labute approximate surface area is 73.9 Å². The van der Waals surface area contributed by atoms with Crippen molar-refractivity contribution >= 4 is 29.0 Å². The molecule has 0 radical (unpaired) electrons. The second-order valence-electron chi connectivity index (χ2n) is 2.19. The van der Waals surface area contributed by atoms with E-state index in [1.54, 1.807) is 5.32 Å². The predicted octanol–water partition coefficient (Wildman–Crippen LogP) is -2.24. The molecule has 0 aliphatic carbocycles. The quantitative estimate of drug-likeness (QED) is 0.288. The Morgan fingerprint density at radius 3 is 1.77 bits per heavy atom. The third-order valence-corrected chi connectivity index (χ3v) is 1.65. The van der Waals surface area contributed by atoms with Crippen LogP contribution in [0.1, 0.15) is 0 Å². The van der Waals surface area contributed by atoms with Crippen molar-refractivity contribution in [2.75, 3.05) is 5.88 Å². The van der Waals surface area contributed by atoms with Crippen molar-refractivity contribution in [2.24, 2.45) is 0 Å². The molecule has 8 heteroatoms. The second kappa shape index (κ2) is 4.21. The monoisotopic (exact) mass is 209 g/mol. The third kappa shape index (κ3) is 3.87. The zero-order chi connectivity index (χ0) is 10.5. The van der Waals surface area contributed by atoms with Gasteiger partial charge in [0.25, 0.3) is 10.1 Å². The maximum absolute atomic E-state index is 10.2. The maximum Gasteiger partial charge on any atom is 0.278 e. The van der Waals surface area contributed by atoms with E-state index in [1.807, 2.05) is 0 Å². The van der Waals surface area contributed by atoms with Crippen LogP contribution in [0.5, 0.6) is 0 Å². The maximum atomic E-state index is 10.2. The molecule has 0 unspecified atom stereocenters. The third-order valence-electron chi connectivity index (χ3n) is 1.15. The van der Waals surface area contributed by atoms with Gasteiger partial charge in [-0.3, -0.25) is 9.87 Å². The van der Waals surface area contributed by atoms with Crippen LogP contribution in [0.15, 0.2) is 0 Å². The number of carbonyl (C=O) groups is 3. The van der Waals surface area contributed by atoms with E-state index in [0.717, 1.165) is 0 Å². The summed E-state index contributed by atoms with van der Waals surface area (Å²) in [6.07, 6.45) is -0.172. The normalized spacial score (nSPS) is 12.1. The molecule has 0 spiro atoms. The highest BCUT2D eigenvalue weighted by molar-refractivity contribution is 7.85. The minimum atomic E-state index is -4.38. The molecule has 0 saturated heterocycles. The van der Waals surface area contributed by atoms with Crippen LogP contribution in [0.2, 0.25) is 0 Å². The van der Waals surface area contributed by atoms with Gasteiger partial charge in [-0.05, 0) is 0 Å².